The summed E-state index contributed by atoms with van der Waals surface area (Å²) in [5.41, 5.74) is -1.66. The summed E-state index contributed by atoms with van der Waals surface area (Å²) in [4.78, 5) is 15.6. The average molecular weight is 481 g/mol. The van der Waals surface area contributed by atoms with Crippen LogP contribution in [0.25, 0.3) is 10.9 Å². The second-order valence-corrected chi connectivity index (χ2v) is 8.27. The normalized spacial score (nSPS) is 21.8. The summed E-state index contributed by atoms with van der Waals surface area (Å²) >= 11 is 3.21. The van der Waals surface area contributed by atoms with E-state index in [1.54, 1.807) is 17.0 Å². The molecule has 30 heavy (non-hydrogen) atoms. The van der Waals surface area contributed by atoms with Gasteiger partial charge in [0.25, 0.3) is 0 Å². The predicted octanol–water partition coefficient (Wildman–Crippen LogP) is 2.95. The maximum Gasteiger partial charge on any atom is 0.248 e. The van der Waals surface area contributed by atoms with Crippen molar-refractivity contribution in [2.45, 2.75) is 18.1 Å². The number of aliphatic hydroxyl groups is 2. The summed E-state index contributed by atoms with van der Waals surface area (Å²) in [6.45, 7) is 0.0908. The molecule has 158 valence electrons. The van der Waals surface area contributed by atoms with Gasteiger partial charge < -0.3 is 24.8 Å². The van der Waals surface area contributed by atoms with E-state index >= 15 is 0 Å². The van der Waals surface area contributed by atoms with Crippen LogP contribution in [0.1, 0.15) is 6.42 Å². The summed E-state index contributed by atoms with van der Waals surface area (Å²) in [6.07, 6.45) is -1.06. The number of aliphatic hydroxyl groups excluding tert-OH is 1. The number of benzene rings is 2. The molecule has 4 rings (SSSR count). The first kappa shape index (κ1) is 20.8. The minimum Gasteiger partial charge on any atom is -0.490 e. The molecule has 6 nitrogen and oxygen atoms in total. The van der Waals surface area contributed by atoms with E-state index in [0.717, 1.165) is 6.07 Å². The van der Waals surface area contributed by atoms with Crippen LogP contribution in [0.4, 0.5) is 14.5 Å². The molecule has 2 heterocycles. The average Bonchev–Trinajstić information content (AvgIpc) is 2.70. The van der Waals surface area contributed by atoms with Gasteiger partial charge >= 0.3 is 0 Å². The second-order valence-electron chi connectivity index (χ2n) is 7.36. The number of rotatable bonds is 4. The van der Waals surface area contributed by atoms with Gasteiger partial charge in [-0.15, -0.1) is 0 Å². The van der Waals surface area contributed by atoms with E-state index in [-0.39, 0.29) is 30.8 Å². The molecule has 1 saturated heterocycles. The molecule has 1 aromatic heterocycles. The molecule has 1 aliphatic heterocycles. The van der Waals surface area contributed by atoms with E-state index in [1.807, 2.05) is 0 Å². The Morgan fingerprint density at radius 2 is 2.00 bits per heavy atom. The third-order valence-electron chi connectivity index (χ3n) is 5.36. The Morgan fingerprint density at radius 1 is 1.20 bits per heavy atom. The number of β-amino-alcohol motifs (C(OH)–C–C–N with tert-alkyl or cyclic N) is 1. The number of hydrogen-bond acceptors (Lipinski definition) is 5. The number of nitrogens with one attached hydrogen (secondary N) is 1. The predicted molar refractivity (Wildman–Crippen MR) is 112 cm³/mol. The second kappa shape index (κ2) is 7.98. The van der Waals surface area contributed by atoms with Crippen LogP contribution in [0, 0.1) is 11.6 Å². The standard InChI is InChI=1S/C21H19BrF2N2O4/c22-12-1-4-16(15(24)9-12)26-8-7-21(29,18(27)10-26)11-30-17-5-3-14(23)20-13(17)2-6-19(28)25-20/h1-6,9,18,27,29H,7-8,10-11H2,(H,25,28)/t18-,21-/m1/s1. The number of fused-ring (bicyclic) bond motifs is 1. The number of piperidine rings is 1. The highest BCUT2D eigenvalue weighted by Crippen LogP contribution is 2.32. The number of H-pyrrole nitrogens is 1. The number of nitrogens with zero attached hydrogens (tertiary/aromatic N) is 1. The van der Waals surface area contributed by atoms with Gasteiger partial charge in [-0.1, -0.05) is 15.9 Å². The van der Waals surface area contributed by atoms with Crippen molar-refractivity contribution in [1.82, 2.24) is 4.98 Å². The van der Waals surface area contributed by atoms with Crippen LogP contribution in [0.5, 0.6) is 5.75 Å². The molecule has 0 radical (unpaired) electrons. The van der Waals surface area contributed by atoms with Crippen molar-refractivity contribution >= 4 is 32.5 Å². The first-order valence-electron chi connectivity index (χ1n) is 9.32. The van der Waals surface area contributed by atoms with E-state index in [4.69, 9.17) is 4.74 Å². The number of pyridine rings is 1. The van der Waals surface area contributed by atoms with Crippen molar-refractivity contribution < 1.29 is 23.7 Å². The first-order chi connectivity index (χ1) is 14.3. The molecule has 2 aromatic carbocycles. The van der Waals surface area contributed by atoms with Crippen molar-refractivity contribution in [2.75, 3.05) is 24.6 Å². The van der Waals surface area contributed by atoms with E-state index < -0.39 is 28.9 Å². The highest BCUT2D eigenvalue weighted by atomic mass is 79.9. The number of halogens is 3. The van der Waals surface area contributed by atoms with E-state index in [0.29, 0.717) is 22.1 Å². The molecule has 1 aliphatic rings. The molecule has 0 spiro atoms. The molecule has 3 aromatic rings. The Kier molecular flexibility index (Phi) is 5.52. The summed E-state index contributed by atoms with van der Waals surface area (Å²) in [5.74, 6) is -0.756. The summed E-state index contributed by atoms with van der Waals surface area (Å²) < 4.78 is 34.5. The number of hydrogen-bond donors (Lipinski definition) is 3. The van der Waals surface area contributed by atoms with Crippen molar-refractivity contribution in [3.63, 3.8) is 0 Å². The highest BCUT2D eigenvalue weighted by molar-refractivity contribution is 9.10. The van der Waals surface area contributed by atoms with Gasteiger partial charge in [0.1, 0.15) is 35.7 Å². The van der Waals surface area contributed by atoms with Gasteiger partial charge in [0.2, 0.25) is 5.56 Å². The number of aromatic amines is 1. The van der Waals surface area contributed by atoms with Crippen molar-refractivity contribution in [2.24, 2.45) is 0 Å². The summed E-state index contributed by atoms with van der Waals surface area (Å²) in [6, 6.07) is 9.91. The fraction of sp³-hybridized carbons (Fsp3) is 0.286. The molecule has 0 bridgehead atoms. The van der Waals surface area contributed by atoms with Crippen LogP contribution in [-0.2, 0) is 0 Å². The van der Waals surface area contributed by atoms with Gasteiger partial charge in [-0.25, -0.2) is 8.78 Å². The molecule has 9 heteroatoms. The van der Waals surface area contributed by atoms with Crippen LogP contribution >= 0.6 is 15.9 Å². The minimum atomic E-state index is -1.56. The first-order valence-corrected chi connectivity index (χ1v) is 10.1. The molecular formula is C21H19BrF2N2O4. The molecule has 1 fully saturated rings. The monoisotopic (exact) mass is 480 g/mol. The molecule has 2 atom stereocenters. The van der Waals surface area contributed by atoms with Crippen LogP contribution in [0.2, 0.25) is 0 Å². The van der Waals surface area contributed by atoms with Gasteiger partial charge in [0, 0.05) is 29.0 Å². The maximum absolute atomic E-state index is 14.2. The zero-order valence-corrected chi connectivity index (χ0v) is 17.3. The largest absolute Gasteiger partial charge is 0.490 e. The lowest BCUT2D eigenvalue weighted by molar-refractivity contribution is -0.108. The number of aromatic nitrogens is 1. The SMILES string of the molecule is O=c1ccc2c(OC[C@]3(O)CCN(c4ccc(Br)cc4F)C[C@H]3O)ccc(F)c2[nH]1. The molecule has 0 aliphatic carbocycles. The molecule has 3 N–H and O–H groups in total. The van der Waals surface area contributed by atoms with E-state index in [9.17, 15) is 23.8 Å². The van der Waals surface area contributed by atoms with Crippen LogP contribution in [0.3, 0.4) is 0 Å². The zero-order chi connectivity index (χ0) is 21.5. The fourth-order valence-corrected chi connectivity index (χ4v) is 3.94. The van der Waals surface area contributed by atoms with Gasteiger partial charge in [-0.05, 0) is 42.8 Å². The van der Waals surface area contributed by atoms with E-state index in [1.165, 1.54) is 24.3 Å². The van der Waals surface area contributed by atoms with Crippen molar-refractivity contribution in [3.8, 4) is 5.75 Å². The summed E-state index contributed by atoms with van der Waals surface area (Å²) in [7, 11) is 0. The fourth-order valence-electron chi connectivity index (χ4n) is 3.61. The Morgan fingerprint density at radius 3 is 2.73 bits per heavy atom. The third kappa shape index (κ3) is 3.92. The quantitative estimate of drug-likeness (QED) is 0.534. The Labute approximate surface area is 178 Å². The van der Waals surface area contributed by atoms with Gasteiger partial charge in [0.15, 0.2) is 0 Å². The van der Waals surface area contributed by atoms with Crippen molar-refractivity contribution in [1.29, 1.82) is 0 Å². The molecule has 0 amide bonds. The number of ether oxygens (including phenoxy) is 1. The summed E-state index contributed by atoms with van der Waals surface area (Å²) in [5, 5.41) is 21.8. The van der Waals surface area contributed by atoms with E-state index in [2.05, 4.69) is 20.9 Å². The Balaban J connectivity index is 1.50. The Hall–Kier alpha value is -2.49. The topological polar surface area (TPSA) is 85.8 Å². The maximum atomic E-state index is 14.2. The molecular weight excluding hydrogens is 462 g/mol. The van der Waals surface area contributed by atoms with Crippen LogP contribution in [0.15, 0.2) is 51.7 Å². The lowest BCUT2D eigenvalue weighted by Gasteiger charge is -2.42. The lowest BCUT2D eigenvalue weighted by atomic mass is 9.89. The number of anilines is 1. The smallest absolute Gasteiger partial charge is 0.248 e. The van der Waals surface area contributed by atoms with Gasteiger partial charge in [-0.3, -0.25) is 4.79 Å². The zero-order valence-electron chi connectivity index (χ0n) is 15.7. The van der Waals surface area contributed by atoms with Crippen molar-refractivity contribution in [3.05, 3.63) is 68.9 Å². The van der Waals surface area contributed by atoms with Crippen LogP contribution in [-0.4, -0.2) is 46.6 Å². The molecule has 0 unspecified atom stereocenters. The highest BCUT2D eigenvalue weighted by Gasteiger charge is 2.42. The Bertz CT molecular complexity index is 1160. The molecule has 0 saturated carbocycles. The van der Waals surface area contributed by atoms with Crippen LogP contribution < -0.4 is 15.2 Å². The lowest BCUT2D eigenvalue weighted by Crippen LogP contribution is -2.58. The third-order valence-corrected chi connectivity index (χ3v) is 5.85. The minimum absolute atomic E-state index is 0.00747. The van der Waals surface area contributed by atoms with Gasteiger partial charge in [-0.2, -0.15) is 0 Å². The van der Waals surface area contributed by atoms with Gasteiger partial charge in [0.05, 0.1) is 11.2 Å².